The maximum Gasteiger partial charge on any atom is 0.323 e. The molecule has 1 fully saturated rings. The SMILES string of the molecule is CSCC[C@H](NCc1ccc(CNCc2ccc3cc(C(=O)NO)sc3c2)cc1)C(=O)OC1CCCC1. The predicted molar refractivity (Wildman–Crippen MR) is 150 cm³/mol. The third-order valence-corrected chi connectivity index (χ3v) is 8.36. The topological polar surface area (TPSA) is 99.7 Å². The summed E-state index contributed by atoms with van der Waals surface area (Å²) < 4.78 is 6.76. The number of hydrogen-bond acceptors (Lipinski definition) is 8. The lowest BCUT2D eigenvalue weighted by atomic mass is 10.1. The lowest BCUT2D eigenvalue weighted by Gasteiger charge is -2.20. The molecule has 1 atom stereocenters. The molecule has 1 aliphatic carbocycles. The summed E-state index contributed by atoms with van der Waals surface area (Å²) >= 11 is 3.10. The lowest BCUT2D eigenvalue weighted by molar-refractivity contribution is -0.151. The number of benzene rings is 2. The summed E-state index contributed by atoms with van der Waals surface area (Å²) in [7, 11) is 0. The van der Waals surface area contributed by atoms with Crippen LogP contribution in [0.2, 0.25) is 0 Å². The first-order valence-corrected chi connectivity index (χ1v) is 14.9. The molecular formula is C28H35N3O4S2. The summed E-state index contributed by atoms with van der Waals surface area (Å²) in [5.41, 5.74) is 5.14. The van der Waals surface area contributed by atoms with Gasteiger partial charge in [0.25, 0.3) is 5.91 Å². The predicted octanol–water partition coefficient (Wildman–Crippen LogP) is 5.01. The lowest BCUT2D eigenvalue weighted by Crippen LogP contribution is -2.39. The molecule has 0 aliphatic heterocycles. The molecule has 2 aromatic carbocycles. The third-order valence-electron chi connectivity index (χ3n) is 6.62. The Bertz CT molecular complexity index is 1180. The van der Waals surface area contributed by atoms with E-state index in [-0.39, 0.29) is 18.1 Å². The fourth-order valence-corrected chi connectivity index (χ4v) is 6.00. The Morgan fingerprint density at radius 1 is 1.03 bits per heavy atom. The molecule has 3 aromatic rings. The van der Waals surface area contributed by atoms with Crippen molar-refractivity contribution >= 4 is 45.1 Å². The van der Waals surface area contributed by atoms with Gasteiger partial charge in [-0.25, -0.2) is 5.48 Å². The molecule has 4 N–H and O–H groups in total. The fraction of sp³-hybridized carbons (Fsp3) is 0.429. The molecule has 0 spiro atoms. The smallest absolute Gasteiger partial charge is 0.323 e. The molecule has 0 bridgehead atoms. The van der Waals surface area contributed by atoms with Gasteiger partial charge < -0.3 is 15.4 Å². The summed E-state index contributed by atoms with van der Waals surface area (Å²) in [4.78, 5) is 24.8. The number of carbonyl (C=O) groups is 2. The van der Waals surface area contributed by atoms with E-state index < -0.39 is 5.91 Å². The van der Waals surface area contributed by atoms with Crippen LogP contribution in [0, 0.1) is 0 Å². The summed E-state index contributed by atoms with van der Waals surface area (Å²) in [6.45, 7) is 2.07. The highest BCUT2D eigenvalue weighted by Crippen LogP contribution is 2.27. The zero-order chi connectivity index (χ0) is 26.0. The van der Waals surface area contributed by atoms with Crippen LogP contribution in [0.4, 0.5) is 0 Å². The molecule has 4 rings (SSSR count). The minimum Gasteiger partial charge on any atom is -0.461 e. The van der Waals surface area contributed by atoms with E-state index in [9.17, 15) is 9.59 Å². The van der Waals surface area contributed by atoms with Crippen LogP contribution < -0.4 is 16.1 Å². The average Bonchev–Trinajstić information content (AvgIpc) is 3.58. The standard InChI is InChI=1S/C28H35N3O4S2/c1-36-13-12-24(28(33)35-23-4-2-3-5-23)30-18-20-8-6-19(7-9-20)16-29-17-21-10-11-22-15-26(27(32)31-34)37-25(22)14-21/h6-11,14-15,23-24,29-30,34H,2-5,12-13,16-18H2,1H3,(H,31,32)/t24-/m0/s1. The van der Waals surface area contributed by atoms with Crippen molar-refractivity contribution in [1.82, 2.24) is 16.1 Å². The fourth-order valence-electron chi connectivity index (χ4n) is 4.51. The van der Waals surface area contributed by atoms with Gasteiger partial charge in [0.1, 0.15) is 12.1 Å². The third kappa shape index (κ3) is 8.02. The molecule has 0 unspecified atom stereocenters. The van der Waals surface area contributed by atoms with Crippen molar-refractivity contribution in [3.63, 3.8) is 0 Å². The van der Waals surface area contributed by atoms with E-state index in [0.717, 1.165) is 65.6 Å². The first kappa shape index (κ1) is 27.6. The molecule has 1 amide bonds. The molecule has 1 saturated carbocycles. The van der Waals surface area contributed by atoms with Crippen LogP contribution in [0.1, 0.15) is 58.5 Å². The largest absolute Gasteiger partial charge is 0.461 e. The van der Waals surface area contributed by atoms with Crippen molar-refractivity contribution < 1.29 is 19.5 Å². The summed E-state index contributed by atoms with van der Waals surface area (Å²) in [6.07, 6.45) is 7.20. The number of thioether (sulfide) groups is 1. The summed E-state index contributed by atoms with van der Waals surface area (Å²) in [6, 6.07) is 16.0. The summed E-state index contributed by atoms with van der Waals surface area (Å²) in [5.74, 6) is 0.315. The molecule has 0 saturated heterocycles. The second kappa shape index (κ2) is 13.9. The van der Waals surface area contributed by atoms with Crippen LogP contribution in [0.25, 0.3) is 10.1 Å². The number of hydroxylamine groups is 1. The highest BCUT2D eigenvalue weighted by molar-refractivity contribution is 7.98. The molecule has 1 aromatic heterocycles. The van der Waals surface area contributed by atoms with Gasteiger partial charge in [-0.1, -0.05) is 36.4 Å². The number of rotatable bonds is 13. The van der Waals surface area contributed by atoms with Gasteiger partial charge in [0.05, 0.1) is 4.88 Å². The highest BCUT2D eigenvalue weighted by atomic mass is 32.2. The van der Waals surface area contributed by atoms with E-state index in [1.165, 1.54) is 16.9 Å². The molecule has 9 heteroatoms. The second-order valence-corrected chi connectivity index (χ2v) is 11.5. The van der Waals surface area contributed by atoms with Crippen LogP contribution in [-0.4, -0.2) is 41.2 Å². The zero-order valence-corrected chi connectivity index (χ0v) is 22.8. The van der Waals surface area contributed by atoms with E-state index in [4.69, 9.17) is 9.94 Å². The number of nitrogens with one attached hydrogen (secondary N) is 3. The van der Waals surface area contributed by atoms with Crippen LogP contribution in [-0.2, 0) is 29.2 Å². The molecule has 37 heavy (non-hydrogen) atoms. The van der Waals surface area contributed by atoms with Gasteiger partial charge in [-0.3, -0.25) is 14.8 Å². The Hall–Kier alpha value is -2.43. The number of thiophene rings is 1. The zero-order valence-electron chi connectivity index (χ0n) is 21.1. The molecule has 198 valence electrons. The van der Waals surface area contributed by atoms with Crippen LogP contribution >= 0.6 is 23.1 Å². The summed E-state index contributed by atoms with van der Waals surface area (Å²) in [5, 5.41) is 16.7. The van der Waals surface area contributed by atoms with E-state index >= 15 is 0 Å². The van der Waals surface area contributed by atoms with Crippen molar-refractivity contribution in [1.29, 1.82) is 0 Å². The minimum atomic E-state index is -0.487. The number of ether oxygens (including phenoxy) is 1. The van der Waals surface area contributed by atoms with Crippen LogP contribution in [0.15, 0.2) is 48.5 Å². The molecular weight excluding hydrogens is 506 g/mol. The molecule has 1 aliphatic rings. The number of fused-ring (bicyclic) bond motifs is 1. The maximum absolute atomic E-state index is 12.7. The van der Waals surface area contributed by atoms with Crippen molar-refractivity contribution in [2.24, 2.45) is 0 Å². The Morgan fingerprint density at radius 3 is 2.41 bits per heavy atom. The van der Waals surface area contributed by atoms with E-state index in [0.29, 0.717) is 18.0 Å². The Labute approximate surface area is 226 Å². The molecule has 1 heterocycles. The van der Waals surface area contributed by atoms with Gasteiger partial charge in [-0.05, 0) is 78.3 Å². The Kier molecular flexibility index (Phi) is 10.4. The van der Waals surface area contributed by atoms with Gasteiger partial charge in [0.15, 0.2) is 0 Å². The number of esters is 1. The number of amides is 1. The highest BCUT2D eigenvalue weighted by Gasteiger charge is 2.25. The maximum atomic E-state index is 12.7. The van der Waals surface area contributed by atoms with Crippen molar-refractivity contribution in [3.8, 4) is 0 Å². The van der Waals surface area contributed by atoms with Gasteiger partial charge >= 0.3 is 5.97 Å². The monoisotopic (exact) mass is 541 g/mol. The van der Waals surface area contributed by atoms with Crippen LogP contribution in [0.5, 0.6) is 0 Å². The quantitative estimate of drug-likeness (QED) is 0.137. The Morgan fingerprint density at radius 2 is 1.70 bits per heavy atom. The first-order chi connectivity index (χ1) is 18.1. The second-order valence-electron chi connectivity index (χ2n) is 9.40. The minimum absolute atomic E-state index is 0.0929. The van der Waals surface area contributed by atoms with Crippen LogP contribution in [0.3, 0.4) is 0 Å². The number of hydrogen-bond donors (Lipinski definition) is 4. The van der Waals surface area contributed by atoms with E-state index in [1.54, 1.807) is 23.3 Å². The van der Waals surface area contributed by atoms with Crippen molar-refractivity contribution in [2.45, 2.75) is 63.9 Å². The van der Waals surface area contributed by atoms with E-state index in [1.807, 2.05) is 12.1 Å². The van der Waals surface area contributed by atoms with Gasteiger partial charge in [0, 0.05) is 24.3 Å². The molecule has 0 radical (unpaired) electrons. The number of carbonyl (C=O) groups excluding carboxylic acids is 2. The van der Waals surface area contributed by atoms with Gasteiger partial charge in [-0.15, -0.1) is 11.3 Å². The molecule has 7 nitrogen and oxygen atoms in total. The van der Waals surface area contributed by atoms with Gasteiger partial charge in [0.2, 0.25) is 0 Å². The normalized spacial score (nSPS) is 14.6. The van der Waals surface area contributed by atoms with E-state index in [2.05, 4.69) is 47.2 Å². The van der Waals surface area contributed by atoms with Gasteiger partial charge in [-0.2, -0.15) is 11.8 Å². The average molecular weight is 542 g/mol. The first-order valence-electron chi connectivity index (χ1n) is 12.7. The Balaban J connectivity index is 1.24. The van der Waals surface area contributed by atoms with Crippen molar-refractivity contribution in [3.05, 3.63) is 70.1 Å². The van der Waals surface area contributed by atoms with Crippen molar-refractivity contribution in [2.75, 3.05) is 12.0 Å².